The van der Waals surface area contributed by atoms with Gasteiger partial charge in [-0.15, -0.1) is 0 Å². The van der Waals surface area contributed by atoms with Gasteiger partial charge in [-0.1, -0.05) is 18.2 Å². The van der Waals surface area contributed by atoms with Gasteiger partial charge < -0.3 is 10.1 Å². The highest BCUT2D eigenvalue weighted by Crippen LogP contribution is 2.17. The molecule has 0 bridgehead atoms. The maximum absolute atomic E-state index is 11.9. The molecule has 0 aliphatic heterocycles. The average Bonchev–Trinajstić information content (AvgIpc) is 2.45. The smallest absolute Gasteiger partial charge is 0.318 e. The molecule has 0 spiro atoms. The number of anilines is 1. The zero-order valence-electron chi connectivity index (χ0n) is 11.5. The van der Waals surface area contributed by atoms with Crippen molar-refractivity contribution < 1.29 is 19.1 Å². The topological polar surface area (TPSA) is 72.5 Å². The van der Waals surface area contributed by atoms with Gasteiger partial charge in [-0.25, -0.2) is 0 Å². The molecule has 20 heavy (non-hydrogen) atoms. The molecule has 0 saturated carbocycles. The van der Waals surface area contributed by atoms with Crippen molar-refractivity contribution in [1.29, 1.82) is 0 Å². The molecule has 1 N–H and O–H groups in total. The molecule has 5 heteroatoms. The van der Waals surface area contributed by atoms with E-state index in [0.29, 0.717) is 17.5 Å². The first-order valence-corrected chi connectivity index (χ1v) is 6.28. The van der Waals surface area contributed by atoms with E-state index in [0.717, 1.165) is 0 Å². The molecule has 0 saturated heterocycles. The van der Waals surface area contributed by atoms with E-state index in [1.807, 2.05) is 0 Å². The monoisotopic (exact) mass is 275 g/mol. The highest BCUT2D eigenvalue weighted by molar-refractivity contribution is 6.05. The van der Waals surface area contributed by atoms with Crippen molar-refractivity contribution in [3.8, 4) is 0 Å². The second kappa shape index (κ2) is 7.89. The minimum absolute atomic E-state index is 0.231. The van der Waals surface area contributed by atoms with Crippen molar-refractivity contribution in [3.63, 3.8) is 0 Å². The standard InChI is InChI=1S/C15H17NO4/c1-3-20-15(19)11(2)14(18)16-13-9-5-4-7-12(13)8-6-10-17/h4-11H,3H2,1-2H3,(H,16,18)/b8-6+. The van der Waals surface area contributed by atoms with Crippen LogP contribution in [0.1, 0.15) is 19.4 Å². The maximum atomic E-state index is 11.9. The van der Waals surface area contributed by atoms with Crippen molar-refractivity contribution in [2.24, 2.45) is 5.92 Å². The highest BCUT2D eigenvalue weighted by Gasteiger charge is 2.23. The van der Waals surface area contributed by atoms with Crippen molar-refractivity contribution >= 4 is 29.9 Å². The van der Waals surface area contributed by atoms with Crippen LogP contribution in [0.5, 0.6) is 0 Å². The number of nitrogens with one attached hydrogen (secondary N) is 1. The van der Waals surface area contributed by atoms with Gasteiger partial charge in [-0.05, 0) is 37.6 Å². The first-order chi connectivity index (χ1) is 9.60. The van der Waals surface area contributed by atoms with Gasteiger partial charge in [0.2, 0.25) is 5.91 Å². The van der Waals surface area contributed by atoms with Crippen molar-refractivity contribution in [2.75, 3.05) is 11.9 Å². The van der Waals surface area contributed by atoms with Crippen LogP contribution >= 0.6 is 0 Å². The Kier molecular flexibility index (Phi) is 6.16. The summed E-state index contributed by atoms with van der Waals surface area (Å²) in [6.45, 7) is 3.40. The lowest BCUT2D eigenvalue weighted by Gasteiger charge is -2.12. The van der Waals surface area contributed by atoms with E-state index in [1.54, 1.807) is 37.3 Å². The molecule has 1 atom stereocenters. The minimum atomic E-state index is -0.891. The summed E-state index contributed by atoms with van der Waals surface area (Å²) in [6, 6.07) is 6.99. The first-order valence-electron chi connectivity index (χ1n) is 6.28. The third-order valence-electron chi connectivity index (χ3n) is 2.61. The van der Waals surface area contributed by atoms with Gasteiger partial charge in [0, 0.05) is 5.69 Å². The quantitative estimate of drug-likeness (QED) is 0.373. The number of rotatable bonds is 6. The number of carbonyl (C=O) groups excluding carboxylic acids is 3. The predicted molar refractivity (Wildman–Crippen MR) is 76.0 cm³/mol. The Morgan fingerprint density at radius 1 is 1.35 bits per heavy atom. The van der Waals surface area contributed by atoms with Gasteiger partial charge in [-0.3, -0.25) is 14.4 Å². The van der Waals surface area contributed by atoms with Crippen LogP contribution < -0.4 is 5.32 Å². The van der Waals surface area contributed by atoms with Crippen LogP contribution in [0.25, 0.3) is 6.08 Å². The van der Waals surface area contributed by atoms with E-state index in [-0.39, 0.29) is 6.61 Å². The zero-order chi connectivity index (χ0) is 15.0. The van der Waals surface area contributed by atoms with Crippen LogP contribution in [-0.2, 0) is 19.1 Å². The molecule has 0 heterocycles. The number of allylic oxidation sites excluding steroid dienone is 1. The van der Waals surface area contributed by atoms with Crippen LogP contribution in [0.3, 0.4) is 0 Å². The summed E-state index contributed by atoms with van der Waals surface area (Å²) >= 11 is 0. The van der Waals surface area contributed by atoms with Gasteiger partial charge in [0.15, 0.2) is 0 Å². The second-order valence-corrected chi connectivity index (χ2v) is 4.05. The highest BCUT2D eigenvalue weighted by atomic mass is 16.5. The van der Waals surface area contributed by atoms with Gasteiger partial charge in [-0.2, -0.15) is 0 Å². The Hall–Kier alpha value is -2.43. The molecule has 5 nitrogen and oxygen atoms in total. The van der Waals surface area contributed by atoms with E-state index in [2.05, 4.69) is 5.32 Å². The third kappa shape index (κ3) is 4.35. The number of esters is 1. The summed E-state index contributed by atoms with van der Waals surface area (Å²) < 4.78 is 4.80. The van der Waals surface area contributed by atoms with Crippen LogP contribution in [0.4, 0.5) is 5.69 Å². The number of amides is 1. The van der Waals surface area contributed by atoms with Gasteiger partial charge in [0.25, 0.3) is 0 Å². The molecule has 0 radical (unpaired) electrons. The van der Waals surface area contributed by atoms with Gasteiger partial charge in [0.1, 0.15) is 12.2 Å². The van der Waals surface area contributed by atoms with Crippen LogP contribution in [0.15, 0.2) is 30.3 Å². The number of hydrogen-bond acceptors (Lipinski definition) is 4. The van der Waals surface area contributed by atoms with Gasteiger partial charge >= 0.3 is 5.97 Å². The maximum Gasteiger partial charge on any atom is 0.318 e. The molecule has 0 aromatic heterocycles. The molecule has 1 aromatic rings. The summed E-state index contributed by atoms with van der Waals surface area (Å²) in [5.41, 5.74) is 1.22. The average molecular weight is 275 g/mol. The Labute approximate surface area is 117 Å². The fourth-order valence-corrected chi connectivity index (χ4v) is 1.51. The van der Waals surface area contributed by atoms with Gasteiger partial charge in [0.05, 0.1) is 6.61 Å². The SMILES string of the molecule is CCOC(=O)C(C)C(=O)Nc1ccccc1/C=C/C=O. The lowest BCUT2D eigenvalue weighted by molar-refractivity contribution is -0.150. The lowest BCUT2D eigenvalue weighted by Crippen LogP contribution is -2.29. The molecule has 1 unspecified atom stereocenters. The van der Waals surface area contributed by atoms with E-state index in [1.165, 1.54) is 13.0 Å². The Morgan fingerprint density at radius 3 is 2.70 bits per heavy atom. The molecular weight excluding hydrogens is 258 g/mol. The number of para-hydroxylation sites is 1. The molecule has 1 amide bonds. The largest absolute Gasteiger partial charge is 0.465 e. The normalized spacial score (nSPS) is 11.9. The molecule has 0 fully saturated rings. The second-order valence-electron chi connectivity index (χ2n) is 4.05. The number of hydrogen-bond donors (Lipinski definition) is 1. The Bertz CT molecular complexity index is 522. The Balaban J connectivity index is 2.82. The number of ether oxygens (including phenoxy) is 1. The fraction of sp³-hybridized carbons (Fsp3) is 0.267. The number of benzene rings is 1. The summed E-state index contributed by atoms with van der Waals surface area (Å²) in [6.07, 6.45) is 3.57. The zero-order valence-corrected chi connectivity index (χ0v) is 11.5. The summed E-state index contributed by atoms with van der Waals surface area (Å²) in [7, 11) is 0. The van der Waals surface area contributed by atoms with Crippen LogP contribution in [-0.4, -0.2) is 24.8 Å². The minimum Gasteiger partial charge on any atom is -0.465 e. The summed E-state index contributed by atoms with van der Waals surface area (Å²) in [4.78, 5) is 33.8. The van der Waals surface area contributed by atoms with E-state index < -0.39 is 17.8 Å². The van der Waals surface area contributed by atoms with E-state index >= 15 is 0 Å². The van der Waals surface area contributed by atoms with Crippen LogP contribution in [0.2, 0.25) is 0 Å². The molecule has 106 valence electrons. The van der Waals surface area contributed by atoms with Crippen molar-refractivity contribution in [2.45, 2.75) is 13.8 Å². The molecule has 0 aliphatic rings. The number of aldehydes is 1. The molecule has 1 aromatic carbocycles. The summed E-state index contributed by atoms with van der Waals surface area (Å²) in [5, 5.41) is 2.65. The van der Waals surface area contributed by atoms with Crippen molar-refractivity contribution in [1.82, 2.24) is 0 Å². The van der Waals surface area contributed by atoms with E-state index in [4.69, 9.17) is 4.74 Å². The fourth-order valence-electron chi connectivity index (χ4n) is 1.51. The predicted octanol–water partition coefficient (Wildman–Crippen LogP) is 2.04. The summed E-state index contributed by atoms with van der Waals surface area (Å²) in [5.74, 6) is -1.90. The number of carbonyl (C=O) groups is 3. The lowest BCUT2D eigenvalue weighted by atomic mass is 10.1. The first kappa shape index (κ1) is 15.6. The molecule has 1 rings (SSSR count). The Morgan fingerprint density at radius 2 is 2.05 bits per heavy atom. The molecule has 0 aliphatic carbocycles. The van der Waals surface area contributed by atoms with Crippen LogP contribution in [0, 0.1) is 5.92 Å². The van der Waals surface area contributed by atoms with Crippen molar-refractivity contribution in [3.05, 3.63) is 35.9 Å². The molecular formula is C15H17NO4. The van der Waals surface area contributed by atoms with E-state index in [9.17, 15) is 14.4 Å². The third-order valence-corrected chi connectivity index (χ3v) is 2.61.